The number of nitrogens with one attached hydrogen (secondary N) is 2. The number of aromatic nitrogens is 1. The molecule has 2 N–H and O–H groups in total. The van der Waals surface area contributed by atoms with Crippen molar-refractivity contribution in [2.75, 3.05) is 11.9 Å². The van der Waals surface area contributed by atoms with Crippen molar-refractivity contribution in [1.29, 1.82) is 0 Å². The van der Waals surface area contributed by atoms with Crippen LogP contribution >= 0.6 is 0 Å². The SMILES string of the molecule is O=C(COC(=O)CCc1c[nH]c2ccccc12)Nc1ccc2c(c1)CCC2. The van der Waals surface area contributed by atoms with Crippen molar-refractivity contribution in [2.45, 2.75) is 32.1 Å². The van der Waals surface area contributed by atoms with Gasteiger partial charge in [-0.3, -0.25) is 9.59 Å². The molecule has 1 aliphatic rings. The van der Waals surface area contributed by atoms with Gasteiger partial charge >= 0.3 is 5.97 Å². The van der Waals surface area contributed by atoms with Crippen molar-refractivity contribution in [1.82, 2.24) is 4.98 Å². The maximum absolute atomic E-state index is 12.0. The molecule has 0 unspecified atom stereocenters. The van der Waals surface area contributed by atoms with Crippen LogP contribution in [-0.4, -0.2) is 23.5 Å². The Morgan fingerprint density at radius 3 is 2.85 bits per heavy atom. The van der Waals surface area contributed by atoms with Crippen LogP contribution in [0.25, 0.3) is 10.9 Å². The molecular formula is C22H22N2O3. The zero-order chi connectivity index (χ0) is 18.6. The summed E-state index contributed by atoms with van der Waals surface area (Å²) in [6, 6.07) is 13.9. The van der Waals surface area contributed by atoms with E-state index in [9.17, 15) is 9.59 Å². The first-order valence-electron chi connectivity index (χ1n) is 9.31. The first kappa shape index (κ1) is 17.3. The molecule has 0 atom stereocenters. The predicted molar refractivity (Wildman–Crippen MR) is 105 cm³/mol. The number of esters is 1. The summed E-state index contributed by atoms with van der Waals surface area (Å²) < 4.78 is 5.12. The lowest BCUT2D eigenvalue weighted by Gasteiger charge is -2.08. The second-order valence-electron chi connectivity index (χ2n) is 6.91. The largest absolute Gasteiger partial charge is 0.456 e. The first-order valence-corrected chi connectivity index (χ1v) is 9.31. The van der Waals surface area contributed by atoms with Crippen LogP contribution in [0.5, 0.6) is 0 Å². The molecule has 0 radical (unpaired) electrons. The molecule has 0 saturated carbocycles. The van der Waals surface area contributed by atoms with Crippen molar-refractivity contribution < 1.29 is 14.3 Å². The van der Waals surface area contributed by atoms with Gasteiger partial charge in [-0.2, -0.15) is 0 Å². The summed E-state index contributed by atoms with van der Waals surface area (Å²) in [6.07, 6.45) is 6.07. The number of carbonyl (C=O) groups is 2. The standard InChI is InChI=1S/C22H22N2O3/c25-21(24-18-10-8-15-4-3-5-16(15)12-18)14-27-22(26)11-9-17-13-23-20-7-2-1-6-19(17)20/h1-2,6-8,10,12-13,23H,3-5,9,11,14H2,(H,24,25). The molecule has 4 rings (SSSR count). The van der Waals surface area contributed by atoms with Crippen molar-refractivity contribution in [3.8, 4) is 0 Å². The number of fused-ring (bicyclic) bond motifs is 2. The topological polar surface area (TPSA) is 71.2 Å². The Hall–Kier alpha value is -3.08. The highest BCUT2D eigenvalue weighted by Crippen LogP contribution is 2.25. The van der Waals surface area contributed by atoms with Crippen LogP contribution in [-0.2, 0) is 33.6 Å². The fourth-order valence-electron chi connectivity index (χ4n) is 3.64. The Kier molecular flexibility index (Phi) is 4.92. The van der Waals surface area contributed by atoms with Gasteiger partial charge in [-0.05, 0) is 60.6 Å². The molecule has 5 nitrogen and oxygen atoms in total. The number of ether oxygens (including phenoxy) is 1. The number of hydrogen-bond acceptors (Lipinski definition) is 3. The van der Waals surface area contributed by atoms with Crippen molar-refractivity contribution in [3.63, 3.8) is 0 Å². The average molecular weight is 362 g/mol. The summed E-state index contributed by atoms with van der Waals surface area (Å²) in [5, 5.41) is 3.91. The van der Waals surface area contributed by atoms with E-state index in [1.165, 1.54) is 17.5 Å². The molecule has 27 heavy (non-hydrogen) atoms. The van der Waals surface area contributed by atoms with Gasteiger partial charge in [-0.1, -0.05) is 24.3 Å². The van der Waals surface area contributed by atoms with Gasteiger partial charge in [-0.15, -0.1) is 0 Å². The van der Waals surface area contributed by atoms with E-state index in [2.05, 4.69) is 16.4 Å². The molecule has 0 bridgehead atoms. The summed E-state index contributed by atoms with van der Waals surface area (Å²) in [7, 11) is 0. The quantitative estimate of drug-likeness (QED) is 0.656. The Morgan fingerprint density at radius 2 is 1.93 bits per heavy atom. The number of carbonyl (C=O) groups excluding carboxylic acids is 2. The van der Waals surface area contributed by atoms with E-state index in [1.807, 2.05) is 42.6 Å². The van der Waals surface area contributed by atoms with E-state index < -0.39 is 0 Å². The molecule has 0 saturated heterocycles. The minimum atomic E-state index is -0.371. The van der Waals surface area contributed by atoms with Gasteiger partial charge in [0.2, 0.25) is 0 Å². The zero-order valence-electron chi connectivity index (χ0n) is 15.1. The number of anilines is 1. The van der Waals surface area contributed by atoms with Gasteiger partial charge in [0.05, 0.1) is 0 Å². The van der Waals surface area contributed by atoms with Gasteiger partial charge in [0, 0.05) is 29.2 Å². The molecule has 0 fully saturated rings. The summed E-state index contributed by atoms with van der Waals surface area (Å²) >= 11 is 0. The monoisotopic (exact) mass is 362 g/mol. The van der Waals surface area contributed by atoms with Crippen molar-refractivity contribution in [3.05, 3.63) is 65.4 Å². The lowest BCUT2D eigenvalue weighted by Crippen LogP contribution is -2.21. The average Bonchev–Trinajstić information content (AvgIpc) is 3.31. The van der Waals surface area contributed by atoms with Crippen LogP contribution in [0.4, 0.5) is 5.69 Å². The van der Waals surface area contributed by atoms with Crippen LogP contribution in [0.3, 0.4) is 0 Å². The summed E-state index contributed by atoms with van der Waals surface area (Å²) in [6.45, 7) is -0.260. The number of amides is 1. The number of hydrogen-bond donors (Lipinski definition) is 2. The molecule has 138 valence electrons. The zero-order valence-corrected chi connectivity index (χ0v) is 15.1. The van der Waals surface area contributed by atoms with Gasteiger partial charge in [0.15, 0.2) is 6.61 Å². The highest BCUT2D eigenvalue weighted by Gasteiger charge is 2.13. The van der Waals surface area contributed by atoms with E-state index >= 15 is 0 Å². The molecule has 1 heterocycles. The van der Waals surface area contributed by atoms with Crippen LogP contribution in [0.1, 0.15) is 29.5 Å². The smallest absolute Gasteiger partial charge is 0.306 e. The van der Waals surface area contributed by atoms with Crippen LogP contribution in [0.2, 0.25) is 0 Å². The van der Waals surface area contributed by atoms with E-state index in [1.54, 1.807) is 0 Å². The number of aryl methyl sites for hydroxylation is 3. The van der Waals surface area contributed by atoms with Gasteiger partial charge in [0.25, 0.3) is 5.91 Å². The van der Waals surface area contributed by atoms with E-state index in [4.69, 9.17) is 4.74 Å². The van der Waals surface area contributed by atoms with Gasteiger partial charge in [-0.25, -0.2) is 0 Å². The van der Waals surface area contributed by atoms with Gasteiger partial charge < -0.3 is 15.0 Å². The number of aromatic amines is 1. The molecule has 1 amide bonds. The van der Waals surface area contributed by atoms with E-state index in [0.717, 1.165) is 35.0 Å². The molecule has 0 aliphatic heterocycles. The third-order valence-electron chi connectivity index (χ3n) is 5.02. The maximum Gasteiger partial charge on any atom is 0.306 e. The molecular weight excluding hydrogens is 340 g/mol. The molecule has 2 aromatic carbocycles. The van der Waals surface area contributed by atoms with Crippen LogP contribution < -0.4 is 5.32 Å². The van der Waals surface area contributed by atoms with Crippen molar-refractivity contribution in [2.24, 2.45) is 0 Å². The summed E-state index contributed by atoms with van der Waals surface area (Å²) in [4.78, 5) is 27.2. The molecule has 1 aliphatic carbocycles. The second-order valence-corrected chi connectivity index (χ2v) is 6.91. The number of para-hydroxylation sites is 1. The van der Waals surface area contributed by atoms with Crippen LogP contribution in [0, 0.1) is 0 Å². The van der Waals surface area contributed by atoms with Crippen LogP contribution in [0.15, 0.2) is 48.7 Å². The minimum absolute atomic E-state index is 0.244. The fourth-order valence-corrected chi connectivity index (χ4v) is 3.64. The number of H-pyrrole nitrogens is 1. The lowest BCUT2D eigenvalue weighted by molar-refractivity contribution is -0.147. The third-order valence-corrected chi connectivity index (χ3v) is 5.02. The lowest BCUT2D eigenvalue weighted by atomic mass is 10.1. The van der Waals surface area contributed by atoms with E-state index in [0.29, 0.717) is 6.42 Å². The molecule has 1 aromatic heterocycles. The second kappa shape index (κ2) is 7.66. The van der Waals surface area contributed by atoms with Crippen molar-refractivity contribution >= 4 is 28.5 Å². The normalized spacial score (nSPS) is 12.7. The Balaban J connectivity index is 1.24. The highest BCUT2D eigenvalue weighted by molar-refractivity contribution is 5.93. The Labute approximate surface area is 157 Å². The first-order chi connectivity index (χ1) is 13.2. The fraction of sp³-hybridized carbons (Fsp3) is 0.273. The maximum atomic E-state index is 12.0. The molecule has 5 heteroatoms. The molecule has 0 spiro atoms. The summed E-state index contributed by atoms with van der Waals surface area (Å²) in [5.74, 6) is -0.683. The minimum Gasteiger partial charge on any atom is -0.456 e. The number of benzene rings is 2. The summed E-state index contributed by atoms with van der Waals surface area (Å²) in [5.41, 5.74) is 5.54. The highest BCUT2D eigenvalue weighted by atomic mass is 16.5. The predicted octanol–water partition coefficient (Wildman–Crippen LogP) is 3.77. The number of rotatable bonds is 6. The van der Waals surface area contributed by atoms with E-state index in [-0.39, 0.29) is 24.9 Å². The van der Waals surface area contributed by atoms with Gasteiger partial charge in [0.1, 0.15) is 0 Å². The third kappa shape index (κ3) is 4.03. The Bertz CT molecular complexity index is 990. The Morgan fingerprint density at radius 1 is 1.07 bits per heavy atom. The molecule has 3 aromatic rings.